The van der Waals surface area contributed by atoms with Gasteiger partial charge in [0.15, 0.2) is 5.69 Å². The van der Waals surface area contributed by atoms with Crippen LogP contribution in [-0.4, -0.2) is 58.3 Å². The second kappa shape index (κ2) is 7.32. The number of aromatic amines is 1. The number of aromatic nitrogens is 2. The average Bonchev–Trinajstić information content (AvgIpc) is 3.06. The zero-order valence-corrected chi connectivity index (χ0v) is 13.6. The molecule has 0 unspecified atom stereocenters. The molecule has 2 bridgehead atoms. The number of rotatable bonds is 2. The zero-order valence-electron chi connectivity index (χ0n) is 13.6. The summed E-state index contributed by atoms with van der Waals surface area (Å²) in [6, 6.07) is 7.52. The van der Waals surface area contributed by atoms with E-state index in [9.17, 15) is 4.79 Å². The van der Waals surface area contributed by atoms with E-state index in [1.807, 2.05) is 0 Å². The van der Waals surface area contributed by atoms with Gasteiger partial charge in [0.25, 0.3) is 12.4 Å². The van der Waals surface area contributed by atoms with E-state index in [1.165, 1.54) is 0 Å². The Labute approximate surface area is 144 Å². The number of nitriles is 1. The average molecular weight is 341 g/mol. The molecule has 8 heteroatoms. The first-order chi connectivity index (χ1) is 12.2. The number of piperidine rings is 3. The number of carbonyl (C=O) groups is 2. The summed E-state index contributed by atoms with van der Waals surface area (Å²) < 4.78 is 0. The first-order valence-corrected chi connectivity index (χ1v) is 8.15. The van der Waals surface area contributed by atoms with Crippen LogP contribution >= 0.6 is 0 Å². The van der Waals surface area contributed by atoms with Crippen LogP contribution in [0.2, 0.25) is 0 Å². The van der Waals surface area contributed by atoms with Crippen molar-refractivity contribution in [2.24, 2.45) is 5.92 Å². The molecule has 5 rings (SSSR count). The highest BCUT2D eigenvalue weighted by Gasteiger charge is 2.35. The molecule has 4 heterocycles. The predicted octanol–water partition coefficient (Wildman–Crippen LogP) is 0.959. The zero-order chi connectivity index (χ0) is 17.8. The van der Waals surface area contributed by atoms with Crippen molar-refractivity contribution in [2.75, 3.05) is 19.6 Å². The maximum atomic E-state index is 12.6. The summed E-state index contributed by atoms with van der Waals surface area (Å²) in [5.74, 6) is 0.425. The lowest BCUT2D eigenvalue weighted by Gasteiger charge is -2.44. The minimum atomic E-state index is -0.250. The Morgan fingerprint density at radius 3 is 2.76 bits per heavy atom. The Morgan fingerprint density at radius 2 is 2.16 bits per heavy atom. The van der Waals surface area contributed by atoms with Crippen molar-refractivity contribution in [3.8, 4) is 6.07 Å². The third-order valence-electron chi connectivity index (χ3n) is 4.88. The Kier molecular flexibility index (Phi) is 4.95. The summed E-state index contributed by atoms with van der Waals surface area (Å²) in [4.78, 5) is 23.3. The van der Waals surface area contributed by atoms with Gasteiger partial charge in [0.05, 0.1) is 17.1 Å². The van der Waals surface area contributed by atoms with Gasteiger partial charge in [-0.25, -0.2) is 0 Å². The van der Waals surface area contributed by atoms with Crippen LogP contribution in [0.5, 0.6) is 0 Å². The van der Waals surface area contributed by atoms with E-state index in [2.05, 4.69) is 26.5 Å². The van der Waals surface area contributed by atoms with Gasteiger partial charge >= 0.3 is 0 Å². The summed E-state index contributed by atoms with van der Waals surface area (Å²) in [7, 11) is 0. The van der Waals surface area contributed by atoms with E-state index in [0.717, 1.165) is 38.0 Å². The van der Waals surface area contributed by atoms with E-state index < -0.39 is 0 Å². The van der Waals surface area contributed by atoms with Gasteiger partial charge in [0.1, 0.15) is 0 Å². The van der Waals surface area contributed by atoms with Gasteiger partial charge in [0, 0.05) is 18.0 Å². The summed E-state index contributed by atoms with van der Waals surface area (Å²) in [6.45, 7) is 2.98. The first kappa shape index (κ1) is 16.9. The van der Waals surface area contributed by atoms with Crippen molar-refractivity contribution >= 4 is 23.3 Å². The molecule has 1 atom stereocenters. The molecular weight excluding hydrogens is 322 g/mol. The topological polar surface area (TPSA) is 122 Å². The lowest BCUT2D eigenvalue weighted by Crippen LogP contribution is -2.57. The maximum absolute atomic E-state index is 12.6. The van der Waals surface area contributed by atoms with Crippen molar-refractivity contribution in [1.29, 1.82) is 5.26 Å². The number of amides is 1. The van der Waals surface area contributed by atoms with Gasteiger partial charge in [0.2, 0.25) is 0 Å². The Morgan fingerprint density at radius 1 is 1.44 bits per heavy atom. The van der Waals surface area contributed by atoms with E-state index in [0.29, 0.717) is 22.6 Å². The van der Waals surface area contributed by atoms with Crippen LogP contribution in [0.25, 0.3) is 10.9 Å². The third-order valence-corrected chi connectivity index (χ3v) is 4.88. The van der Waals surface area contributed by atoms with E-state index >= 15 is 0 Å². The van der Waals surface area contributed by atoms with Gasteiger partial charge in [-0.15, -0.1) is 0 Å². The minimum absolute atomic E-state index is 0.153. The molecule has 3 N–H and O–H groups in total. The van der Waals surface area contributed by atoms with E-state index in [1.54, 1.807) is 18.2 Å². The fraction of sp³-hybridized carbons (Fsp3) is 0.412. The number of nitrogens with zero attached hydrogens (tertiary/aromatic N) is 3. The standard InChI is InChI=1S/C16H17N5O.CH2O2/c17-8-10-1-2-13-12(7-10)15(20-19-13)16(22)18-14-9-21-5-3-11(14)4-6-21;2-1-3/h1-2,7,11,14H,3-6,9H2,(H,18,22)(H,19,20);1H,(H,2,3)/t14-;/m0./s1. The summed E-state index contributed by atoms with van der Waals surface area (Å²) >= 11 is 0. The second-order valence-electron chi connectivity index (χ2n) is 6.27. The van der Waals surface area contributed by atoms with Crippen LogP contribution in [0.3, 0.4) is 0 Å². The third kappa shape index (κ3) is 3.46. The molecule has 130 valence electrons. The largest absolute Gasteiger partial charge is 0.483 e. The molecule has 2 aromatic rings. The number of carbonyl (C=O) groups excluding carboxylic acids is 1. The number of hydrogen-bond acceptors (Lipinski definition) is 5. The number of hydrogen-bond donors (Lipinski definition) is 3. The molecule has 3 aliphatic heterocycles. The van der Waals surface area contributed by atoms with Crippen molar-refractivity contribution in [1.82, 2.24) is 20.4 Å². The molecule has 1 aromatic carbocycles. The smallest absolute Gasteiger partial charge is 0.290 e. The molecule has 1 aromatic heterocycles. The molecule has 0 radical (unpaired) electrons. The van der Waals surface area contributed by atoms with Crippen LogP contribution in [0.4, 0.5) is 0 Å². The summed E-state index contributed by atoms with van der Waals surface area (Å²) in [6.07, 6.45) is 2.32. The van der Waals surface area contributed by atoms with Gasteiger partial charge in [-0.1, -0.05) is 0 Å². The number of nitrogens with one attached hydrogen (secondary N) is 2. The number of carboxylic acid groups (broad SMARTS) is 1. The van der Waals surface area contributed by atoms with Crippen molar-refractivity contribution in [3.05, 3.63) is 29.5 Å². The van der Waals surface area contributed by atoms with Crippen molar-refractivity contribution < 1.29 is 14.7 Å². The minimum Gasteiger partial charge on any atom is -0.483 e. The Hall–Kier alpha value is -2.92. The number of H-pyrrole nitrogens is 1. The molecular formula is C17H19N5O3. The van der Waals surface area contributed by atoms with Crippen LogP contribution in [0.1, 0.15) is 28.9 Å². The van der Waals surface area contributed by atoms with E-state index in [-0.39, 0.29) is 18.4 Å². The van der Waals surface area contributed by atoms with Gasteiger partial charge in [-0.2, -0.15) is 10.4 Å². The highest BCUT2D eigenvalue weighted by Crippen LogP contribution is 2.28. The molecule has 25 heavy (non-hydrogen) atoms. The van der Waals surface area contributed by atoms with Gasteiger partial charge < -0.3 is 15.3 Å². The quantitative estimate of drug-likeness (QED) is 0.699. The number of benzene rings is 1. The number of fused-ring (bicyclic) bond motifs is 4. The molecule has 8 nitrogen and oxygen atoms in total. The maximum Gasteiger partial charge on any atom is 0.290 e. The van der Waals surface area contributed by atoms with Crippen molar-refractivity contribution in [3.63, 3.8) is 0 Å². The fourth-order valence-electron chi connectivity index (χ4n) is 3.62. The first-order valence-electron chi connectivity index (χ1n) is 8.15. The SMILES string of the molecule is N#Cc1ccc2[nH]nc(C(=O)N[C@H]3CN4CCC3CC4)c2c1.O=CO. The summed E-state index contributed by atoms with van der Waals surface area (Å²) in [5, 5.41) is 26.7. The highest BCUT2D eigenvalue weighted by molar-refractivity contribution is 6.05. The lowest BCUT2D eigenvalue weighted by atomic mass is 9.84. The van der Waals surface area contributed by atoms with Gasteiger partial charge in [-0.05, 0) is 50.0 Å². The van der Waals surface area contributed by atoms with Gasteiger partial charge in [-0.3, -0.25) is 14.7 Å². The van der Waals surface area contributed by atoms with Crippen LogP contribution in [-0.2, 0) is 4.79 Å². The predicted molar refractivity (Wildman–Crippen MR) is 89.9 cm³/mol. The molecule has 0 aliphatic carbocycles. The monoisotopic (exact) mass is 341 g/mol. The normalized spacial score (nSPS) is 24.0. The molecule has 3 saturated heterocycles. The van der Waals surface area contributed by atoms with Crippen molar-refractivity contribution in [2.45, 2.75) is 18.9 Å². The molecule has 0 saturated carbocycles. The molecule has 1 amide bonds. The fourth-order valence-corrected chi connectivity index (χ4v) is 3.62. The summed E-state index contributed by atoms with van der Waals surface area (Å²) in [5.41, 5.74) is 1.69. The second-order valence-corrected chi connectivity index (χ2v) is 6.27. The highest BCUT2D eigenvalue weighted by atomic mass is 16.3. The van der Waals surface area contributed by atoms with Crippen LogP contribution in [0, 0.1) is 17.2 Å². The molecule has 3 aliphatic rings. The molecule has 3 fully saturated rings. The van der Waals surface area contributed by atoms with Crippen LogP contribution < -0.4 is 5.32 Å². The molecule has 0 spiro atoms. The lowest BCUT2D eigenvalue weighted by molar-refractivity contribution is -0.122. The Bertz CT molecular complexity index is 817. The van der Waals surface area contributed by atoms with Crippen LogP contribution in [0.15, 0.2) is 18.2 Å². The Balaban J connectivity index is 0.000000569. The van der Waals surface area contributed by atoms with E-state index in [4.69, 9.17) is 15.2 Å².